The fourth-order valence-electron chi connectivity index (χ4n) is 9.22. The first-order chi connectivity index (χ1) is 30.7. The van der Waals surface area contributed by atoms with Crippen molar-refractivity contribution >= 4 is 62.6 Å². The average Bonchev–Trinajstić information content (AvgIpc) is 3.31. The highest BCUT2D eigenvalue weighted by molar-refractivity contribution is 5.84. The standard InChI is InChI=1S/C59H56N4/c1-44-17-15-25-57(41-44)61(48-19-9-6-10-20-48)53-31-27-50(28-32-53)60(51-29-33-54(34-30-51)62(49-21-11-7-12-22-49)58-26-16-18-45(2)42-58)52-35-37-56(38-36-52)63(55-23-13-8-14-24-55)59(5)40-39-46(3)47(4)43-59/h6-42,46-47H,43H2,1-5H3. The zero-order valence-corrected chi connectivity index (χ0v) is 37.0. The monoisotopic (exact) mass is 820 g/mol. The Morgan fingerprint density at radius 2 is 0.667 bits per heavy atom. The first-order valence-electron chi connectivity index (χ1n) is 22.2. The van der Waals surface area contributed by atoms with Crippen molar-refractivity contribution in [2.24, 2.45) is 11.8 Å². The molecule has 9 rings (SSSR count). The topological polar surface area (TPSA) is 13.0 Å². The molecule has 1 aliphatic carbocycles. The maximum Gasteiger partial charge on any atom is 0.0608 e. The molecule has 0 fully saturated rings. The molecule has 4 heteroatoms. The fraction of sp³-hybridized carbons (Fsp3) is 0.153. The first kappa shape index (κ1) is 41.1. The fourth-order valence-corrected chi connectivity index (χ4v) is 9.22. The number of nitrogens with zero attached hydrogens (tertiary/aromatic N) is 4. The maximum atomic E-state index is 2.52. The molecule has 1 aliphatic rings. The summed E-state index contributed by atoms with van der Waals surface area (Å²) < 4.78 is 0. The summed E-state index contributed by atoms with van der Waals surface area (Å²) in [6.07, 6.45) is 5.90. The number of aryl methyl sites for hydroxylation is 2. The van der Waals surface area contributed by atoms with Crippen LogP contribution in [0.15, 0.2) is 224 Å². The zero-order valence-electron chi connectivity index (χ0n) is 37.0. The summed E-state index contributed by atoms with van der Waals surface area (Å²) in [7, 11) is 0. The van der Waals surface area contributed by atoms with Gasteiger partial charge in [-0.2, -0.15) is 0 Å². The van der Waals surface area contributed by atoms with Crippen molar-refractivity contribution in [2.45, 2.75) is 46.6 Å². The third kappa shape index (κ3) is 8.76. The van der Waals surface area contributed by atoms with E-state index in [-0.39, 0.29) is 5.54 Å². The Kier molecular flexibility index (Phi) is 11.7. The van der Waals surface area contributed by atoms with Crippen LogP contribution in [0.5, 0.6) is 0 Å². The van der Waals surface area contributed by atoms with Gasteiger partial charge >= 0.3 is 0 Å². The average molecular weight is 821 g/mol. The van der Waals surface area contributed by atoms with Crippen molar-refractivity contribution in [2.75, 3.05) is 19.6 Å². The lowest BCUT2D eigenvalue weighted by Crippen LogP contribution is -2.45. The lowest BCUT2D eigenvalue weighted by Gasteiger charge is -2.46. The van der Waals surface area contributed by atoms with E-state index in [9.17, 15) is 0 Å². The van der Waals surface area contributed by atoms with Crippen LogP contribution in [0.2, 0.25) is 0 Å². The molecule has 312 valence electrons. The minimum absolute atomic E-state index is 0.177. The van der Waals surface area contributed by atoms with Crippen LogP contribution < -0.4 is 19.6 Å². The highest BCUT2D eigenvalue weighted by atomic mass is 15.2. The van der Waals surface area contributed by atoms with Crippen LogP contribution in [0.1, 0.15) is 38.3 Å². The van der Waals surface area contributed by atoms with Gasteiger partial charge < -0.3 is 19.6 Å². The number of anilines is 11. The Labute approximate surface area is 374 Å². The van der Waals surface area contributed by atoms with Crippen LogP contribution >= 0.6 is 0 Å². The normalized spacial score (nSPS) is 16.9. The minimum Gasteiger partial charge on any atom is -0.332 e. The molecule has 63 heavy (non-hydrogen) atoms. The van der Waals surface area contributed by atoms with Gasteiger partial charge in [0.15, 0.2) is 0 Å². The molecule has 0 aliphatic heterocycles. The quantitative estimate of drug-likeness (QED) is 0.114. The molecule has 8 aromatic carbocycles. The molecule has 8 aromatic rings. The van der Waals surface area contributed by atoms with E-state index in [1.165, 1.54) is 16.8 Å². The van der Waals surface area contributed by atoms with Gasteiger partial charge in [-0.1, -0.05) is 105 Å². The van der Waals surface area contributed by atoms with Gasteiger partial charge in [-0.05, 0) is 184 Å². The lowest BCUT2D eigenvalue weighted by atomic mass is 9.76. The Hall–Kier alpha value is -7.30. The van der Waals surface area contributed by atoms with Crippen LogP contribution in [0.3, 0.4) is 0 Å². The Morgan fingerprint density at radius 3 is 1.03 bits per heavy atom. The van der Waals surface area contributed by atoms with Crippen LogP contribution in [-0.4, -0.2) is 5.54 Å². The molecule has 0 bridgehead atoms. The summed E-state index contributed by atoms with van der Waals surface area (Å²) in [5, 5.41) is 0. The molecule has 4 nitrogen and oxygen atoms in total. The van der Waals surface area contributed by atoms with Crippen molar-refractivity contribution in [3.8, 4) is 0 Å². The molecule has 0 N–H and O–H groups in total. The van der Waals surface area contributed by atoms with Crippen molar-refractivity contribution in [3.05, 3.63) is 236 Å². The zero-order chi connectivity index (χ0) is 43.3. The number of allylic oxidation sites excluding steroid dienone is 1. The first-order valence-corrected chi connectivity index (χ1v) is 22.2. The molecule has 0 spiro atoms. The van der Waals surface area contributed by atoms with Gasteiger partial charge in [0.2, 0.25) is 0 Å². The number of hydrogen-bond donors (Lipinski definition) is 0. The molecule has 0 amide bonds. The van der Waals surface area contributed by atoms with Gasteiger partial charge in [0.1, 0.15) is 0 Å². The molecule has 0 heterocycles. The van der Waals surface area contributed by atoms with E-state index in [2.05, 4.69) is 279 Å². The van der Waals surface area contributed by atoms with Crippen molar-refractivity contribution in [1.29, 1.82) is 0 Å². The molecule has 0 aromatic heterocycles. The minimum atomic E-state index is -0.177. The molecular formula is C59H56N4. The molecule has 0 radical (unpaired) electrons. The van der Waals surface area contributed by atoms with Gasteiger partial charge in [0.25, 0.3) is 0 Å². The van der Waals surface area contributed by atoms with Crippen molar-refractivity contribution < 1.29 is 0 Å². The summed E-state index contributed by atoms with van der Waals surface area (Å²) in [6, 6.07) is 76.6. The second-order valence-corrected chi connectivity index (χ2v) is 17.3. The Bertz CT molecular complexity index is 2630. The third-order valence-corrected chi connectivity index (χ3v) is 12.6. The Morgan fingerprint density at radius 1 is 0.365 bits per heavy atom. The summed E-state index contributed by atoms with van der Waals surface area (Å²) in [6.45, 7) is 11.4. The van der Waals surface area contributed by atoms with E-state index < -0.39 is 0 Å². The smallest absolute Gasteiger partial charge is 0.0608 e. The summed E-state index contributed by atoms with van der Waals surface area (Å²) in [5.41, 5.74) is 14.5. The van der Waals surface area contributed by atoms with E-state index in [0.29, 0.717) is 11.8 Å². The van der Waals surface area contributed by atoms with E-state index in [1.54, 1.807) is 0 Å². The summed E-state index contributed by atoms with van der Waals surface area (Å²) in [5.74, 6) is 1.12. The molecule has 0 saturated carbocycles. The SMILES string of the molecule is Cc1cccc(N(c2ccccc2)c2ccc(N(c3ccc(N(c4ccccc4)c4cccc(C)c4)cc3)c3ccc(N(c4ccccc4)C4(C)C=CC(C)C(C)C4)cc3)cc2)c1. The molecule has 3 unspecified atom stereocenters. The van der Waals surface area contributed by atoms with Crippen molar-refractivity contribution in [3.63, 3.8) is 0 Å². The number of rotatable bonds is 12. The van der Waals surface area contributed by atoms with Gasteiger partial charge in [-0.3, -0.25) is 0 Å². The van der Waals surface area contributed by atoms with Gasteiger partial charge in [0.05, 0.1) is 5.54 Å². The Balaban J connectivity index is 1.14. The predicted molar refractivity (Wildman–Crippen MR) is 269 cm³/mol. The van der Waals surface area contributed by atoms with Gasteiger partial charge in [0, 0.05) is 62.6 Å². The van der Waals surface area contributed by atoms with Gasteiger partial charge in [-0.25, -0.2) is 0 Å². The lowest BCUT2D eigenvalue weighted by molar-refractivity contribution is 0.328. The van der Waals surface area contributed by atoms with E-state index in [4.69, 9.17) is 0 Å². The largest absolute Gasteiger partial charge is 0.332 e. The molecular weight excluding hydrogens is 765 g/mol. The highest BCUT2D eigenvalue weighted by Gasteiger charge is 2.36. The maximum absolute atomic E-state index is 2.52. The second-order valence-electron chi connectivity index (χ2n) is 17.3. The van der Waals surface area contributed by atoms with Crippen LogP contribution in [-0.2, 0) is 0 Å². The summed E-state index contributed by atoms with van der Waals surface area (Å²) >= 11 is 0. The number of para-hydroxylation sites is 3. The number of benzene rings is 8. The van der Waals surface area contributed by atoms with Gasteiger partial charge in [-0.15, -0.1) is 0 Å². The number of hydrogen-bond acceptors (Lipinski definition) is 4. The second kappa shape index (κ2) is 18.0. The van der Waals surface area contributed by atoms with Crippen LogP contribution in [0, 0.1) is 25.7 Å². The van der Waals surface area contributed by atoms with Crippen LogP contribution in [0.25, 0.3) is 0 Å². The van der Waals surface area contributed by atoms with Crippen molar-refractivity contribution in [1.82, 2.24) is 0 Å². The van der Waals surface area contributed by atoms with Crippen LogP contribution in [0.4, 0.5) is 62.6 Å². The summed E-state index contributed by atoms with van der Waals surface area (Å²) in [4.78, 5) is 9.55. The molecule has 0 saturated heterocycles. The van der Waals surface area contributed by atoms with E-state index >= 15 is 0 Å². The highest BCUT2D eigenvalue weighted by Crippen LogP contribution is 2.45. The van der Waals surface area contributed by atoms with E-state index in [1.807, 2.05) is 0 Å². The van der Waals surface area contributed by atoms with E-state index in [0.717, 1.165) is 63.3 Å². The molecule has 3 atom stereocenters. The predicted octanol–water partition coefficient (Wildman–Crippen LogP) is 16.8. The third-order valence-electron chi connectivity index (χ3n) is 12.6.